The lowest BCUT2D eigenvalue weighted by atomic mass is 9.98. The molecule has 5 heteroatoms. The SMILES string of the molecule is O=P(O)(OCc1ccccc1)OC1CCCCC1. The minimum Gasteiger partial charge on any atom is -0.302 e. The van der Waals surface area contributed by atoms with Crippen LogP contribution in [-0.2, 0) is 20.2 Å². The Labute approximate surface area is 108 Å². The van der Waals surface area contributed by atoms with E-state index in [1.807, 2.05) is 30.3 Å². The van der Waals surface area contributed by atoms with E-state index in [0.29, 0.717) is 0 Å². The molecule has 1 unspecified atom stereocenters. The topological polar surface area (TPSA) is 55.8 Å². The van der Waals surface area contributed by atoms with E-state index < -0.39 is 7.82 Å². The van der Waals surface area contributed by atoms with Crippen LogP contribution >= 0.6 is 7.82 Å². The summed E-state index contributed by atoms with van der Waals surface area (Å²) in [6.45, 7) is 0.0985. The zero-order chi connectivity index (χ0) is 12.8. The molecule has 1 aromatic rings. The maximum Gasteiger partial charge on any atom is 0.472 e. The van der Waals surface area contributed by atoms with Crippen molar-refractivity contribution in [3.8, 4) is 0 Å². The fourth-order valence-corrected chi connectivity index (χ4v) is 3.08. The highest BCUT2D eigenvalue weighted by atomic mass is 31.2. The fourth-order valence-electron chi connectivity index (χ4n) is 2.12. The zero-order valence-electron chi connectivity index (χ0n) is 10.3. The van der Waals surface area contributed by atoms with Gasteiger partial charge >= 0.3 is 7.82 Å². The van der Waals surface area contributed by atoms with Gasteiger partial charge in [0.2, 0.25) is 0 Å². The van der Waals surface area contributed by atoms with Crippen molar-refractivity contribution in [2.24, 2.45) is 0 Å². The van der Waals surface area contributed by atoms with Gasteiger partial charge in [-0.05, 0) is 18.4 Å². The fraction of sp³-hybridized carbons (Fsp3) is 0.538. The van der Waals surface area contributed by atoms with Crippen LogP contribution in [0.2, 0.25) is 0 Å². The number of hydrogen-bond donors (Lipinski definition) is 1. The number of benzene rings is 1. The maximum atomic E-state index is 11.8. The third kappa shape index (κ3) is 4.54. The van der Waals surface area contributed by atoms with Crippen molar-refractivity contribution in [1.29, 1.82) is 0 Å². The number of phosphoric ester groups is 1. The van der Waals surface area contributed by atoms with Crippen LogP contribution < -0.4 is 0 Å². The first kappa shape index (κ1) is 13.8. The van der Waals surface area contributed by atoms with Gasteiger partial charge in [-0.15, -0.1) is 0 Å². The molecule has 4 nitrogen and oxygen atoms in total. The molecule has 1 atom stereocenters. The van der Waals surface area contributed by atoms with Gasteiger partial charge in [0.25, 0.3) is 0 Å². The van der Waals surface area contributed by atoms with Crippen LogP contribution in [0.25, 0.3) is 0 Å². The molecule has 1 fully saturated rings. The maximum absolute atomic E-state index is 11.8. The lowest BCUT2D eigenvalue weighted by Gasteiger charge is -2.23. The Hall–Kier alpha value is -0.670. The summed E-state index contributed by atoms with van der Waals surface area (Å²) in [6.07, 6.45) is 4.86. The third-order valence-electron chi connectivity index (χ3n) is 3.07. The Morgan fingerprint density at radius 2 is 1.83 bits per heavy atom. The first-order valence-corrected chi connectivity index (χ1v) is 7.85. The van der Waals surface area contributed by atoms with Gasteiger partial charge in [-0.25, -0.2) is 4.57 Å². The van der Waals surface area contributed by atoms with Crippen LogP contribution in [0.3, 0.4) is 0 Å². The average Bonchev–Trinajstić information content (AvgIpc) is 2.38. The van der Waals surface area contributed by atoms with Gasteiger partial charge in [0.05, 0.1) is 12.7 Å². The molecule has 18 heavy (non-hydrogen) atoms. The molecule has 0 amide bonds. The first-order chi connectivity index (χ1) is 8.66. The van der Waals surface area contributed by atoms with Crippen LogP contribution in [0.4, 0.5) is 0 Å². The molecular weight excluding hydrogens is 251 g/mol. The molecule has 0 heterocycles. The van der Waals surface area contributed by atoms with Gasteiger partial charge in [0.15, 0.2) is 0 Å². The molecule has 1 aliphatic rings. The minimum absolute atomic E-state index is 0.0985. The minimum atomic E-state index is -3.93. The molecule has 0 saturated heterocycles. The summed E-state index contributed by atoms with van der Waals surface area (Å²) in [4.78, 5) is 9.64. The average molecular weight is 270 g/mol. The van der Waals surface area contributed by atoms with Crippen molar-refractivity contribution in [3.63, 3.8) is 0 Å². The van der Waals surface area contributed by atoms with Gasteiger partial charge in [-0.1, -0.05) is 49.6 Å². The van der Waals surface area contributed by atoms with Crippen molar-refractivity contribution in [2.75, 3.05) is 0 Å². The van der Waals surface area contributed by atoms with Crippen LogP contribution in [0.1, 0.15) is 37.7 Å². The van der Waals surface area contributed by atoms with Gasteiger partial charge in [-0.2, -0.15) is 0 Å². The standard InChI is InChI=1S/C13H19O4P/c14-18(15,17-13-9-5-2-6-10-13)16-11-12-7-3-1-4-8-12/h1,3-4,7-8,13H,2,5-6,9-11H2,(H,14,15). The molecule has 1 aromatic carbocycles. The van der Waals surface area contributed by atoms with E-state index in [1.54, 1.807) is 0 Å². The molecule has 100 valence electrons. The highest BCUT2D eigenvalue weighted by Crippen LogP contribution is 2.47. The van der Waals surface area contributed by atoms with E-state index in [1.165, 1.54) is 6.42 Å². The second kappa shape index (κ2) is 6.48. The number of rotatable bonds is 5. The van der Waals surface area contributed by atoms with E-state index in [2.05, 4.69) is 0 Å². The Morgan fingerprint density at radius 3 is 2.50 bits per heavy atom. The van der Waals surface area contributed by atoms with Gasteiger partial charge < -0.3 is 4.89 Å². The summed E-state index contributed by atoms with van der Waals surface area (Å²) in [5, 5.41) is 0. The molecule has 1 saturated carbocycles. The normalized spacial score (nSPS) is 20.5. The number of hydrogen-bond acceptors (Lipinski definition) is 3. The predicted molar refractivity (Wildman–Crippen MR) is 69.0 cm³/mol. The summed E-state index contributed by atoms with van der Waals surface area (Å²) in [6, 6.07) is 9.31. The summed E-state index contributed by atoms with van der Waals surface area (Å²) >= 11 is 0. The van der Waals surface area contributed by atoms with Crippen LogP contribution in [0.5, 0.6) is 0 Å². The largest absolute Gasteiger partial charge is 0.472 e. The van der Waals surface area contributed by atoms with Crippen molar-refractivity contribution >= 4 is 7.82 Å². The Morgan fingerprint density at radius 1 is 1.17 bits per heavy atom. The van der Waals surface area contributed by atoms with E-state index >= 15 is 0 Å². The smallest absolute Gasteiger partial charge is 0.302 e. The van der Waals surface area contributed by atoms with Crippen molar-refractivity contribution in [3.05, 3.63) is 35.9 Å². The molecule has 0 radical (unpaired) electrons. The Balaban J connectivity index is 1.81. The molecule has 1 N–H and O–H groups in total. The van der Waals surface area contributed by atoms with E-state index in [4.69, 9.17) is 9.05 Å². The highest BCUT2D eigenvalue weighted by molar-refractivity contribution is 7.47. The zero-order valence-corrected chi connectivity index (χ0v) is 11.2. The van der Waals surface area contributed by atoms with Gasteiger partial charge in [0, 0.05) is 0 Å². The molecule has 0 spiro atoms. The van der Waals surface area contributed by atoms with E-state index in [-0.39, 0.29) is 12.7 Å². The number of phosphoric acid groups is 1. The first-order valence-electron chi connectivity index (χ1n) is 6.35. The van der Waals surface area contributed by atoms with E-state index in [9.17, 15) is 9.46 Å². The van der Waals surface area contributed by atoms with Crippen molar-refractivity contribution in [1.82, 2.24) is 0 Å². The van der Waals surface area contributed by atoms with Crippen molar-refractivity contribution < 1.29 is 18.5 Å². The second-order valence-corrected chi connectivity index (χ2v) is 6.00. The molecule has 2 rings (SSSR count). The highest BCUT2D eigenvalue weighted by Gasteiger charge is 2.27. The molecule has 0 aliphatic heterocycles. The predicted octanol–water partition coefficient (Wildman–Crippen LogP) is 3.65. The Kier molecular flexibility index (Phi) is 4.95. The summed E-state index contributed by atoms with van der Waals surface area (Å²) in [5.74, 6) is 0. The lowest BCUT2D eigenvalue weighted by Crippen LogP contribution is -2.15. The molecular formula is C13H19O4P. The van der Waals surface area contributed by atoms with Crippen LogP contribution in [0.15, 0.2) is 30.3 Å². The van der Waals surface area contributed by atoms with E-state index in [0.717, 1.165) is 31.2 Å². The lowest BCUT2D eigenvalue weighted by molar-refractivity contribution is 0.0792. The van der Waals surface area contributed by atoms with Gasteiger partial charge in [-0.3, -0.25) is 9.05 Å². The molecule has 0 aromatic heterocycles. The van der Waals surface area contributed by atoms with Crippen molar-refractivity contribution in [2.45, 2.75) is 44.8 Å². The van der Waals surface area contributed by atoms with Crippen LogP contribution in [-0.4, -0.2) is 11.0 Å². The second-order valence-electron chi connectivity index (χ2n) is 4.59. The quantitative estimate of drug-likeness (QED) is 0.830. The molecule has 1 aliphatic carbocycles. The third-order valence-corrected chi connectivity index (χ3v) is 4.09. The van der Waals surface area contributed by atoms with Gasteiger partial charge in [0.1, 0.15) is 0 Å². The summed E-state index contributed by atoms with van der Waals surface area (Å²) in [7, 11) is -3.93. The van der Waals surface area contributed by atoms with Crippen LogP contribution in [0, 0.1) is 0 Å². The Bertz CT molecular complexity index is 401. The monoisotopic (exact) mass is 270 g/mol. The summed E-state index contributed by atoms with van der Waals surface area (Å²) in [5.41, 5.74) is 0.860. The summed E-state index contributed by atoms with van der Waals surface area (Å²) < 4.78 is 22.0. The molecule has 0 bridgehead atoms.